The maximum Gasteiger partial charge on any atom is 0.122 e. The van der Waals surface area contributed by atoms with Gasteiger partial charge in [-0.05, 0) is 58.7 Å². The van der Waals surface area contributed by atoms with E-state index in [4.69, 9.17) is 15.9 Å². The predicted octanol–water partition coefficient (Wildman–Crippen LogP) is 6.41. The second-order valence-corrected chi connectivity index (χ2v) is 8.70. The molecule has 0 radical (unpaired) electrons. The molecule has 1 aliphatic carbocycles. The van der Waals surface area contributed by atoms with E-state index in [1.54, 1.807) is 0 Å². The molecule has 1 unspecified atom stereocenters. The number of amidine groups is 1. The number of ether oxygens (including phenoxy) is 1. The van der Waals surface area contributed by atoms with Gasteiger partial charge in [-0.25, -0.2) is 0 Å². The van der Waals surface area contributed by atoms with Crippen molar-refractivity contribution in [3.63, 3.8) is 0 Å². The summed E-state index contributed by atoms with van der Waals surface area (Å²) in [6, 6.07) is 35.8. The van der Waals surface area contributed by atoms with Gasteiger partial charge in [-0.15, -0.1) is 0 Å². The van der Waals surface area contributed by atoms with Crippen molar-refractivity contribution in [2.24, 2.45) is 5.73 Å². The summed E-state index contributed by atoms with van der Waals surface area (Å²) in [4.78, 5) is 0. The monoisotopic (exact) mass is 432 g/mol. The molecule has 0 heterocycles. The molecule has 33 heavy (non-hydrogen) atoms. The van der Waals surface area contributed by atoms with Gasteiger partial charge < -0.3 is 10.5 Å². The third kappa shape index (κ3) is 4.54. The summed E-state index contributed by atoms with van der Waals surface area (Å²) in [6.07, 6.45) is 2.11. The average molecular weight is 433 g/mol. The Morgan fingerprint density at radius 3 is 2.21 bits per heavy atom. The van der Waals surface area contributed by atoms with Crippen molar-refractivity contribution < 1.29 is 4.74 Å². The molecule has 2 atom stereocenters. The molecule has 0 fully saturated rings. The van der Waals surface area contributed by atoms with Crippen molar-refractivity contribution in [1.82, 2.24) is 0 Å². The molecule has 3 N–H and O–H groups in total. The second kappa shape index (κ2) is 9.33. The summed E-state index contributed by atoms with van der Waals surface area (Å²) in [7, 11) is 0. The number of fused-ring (bicyclic) bond motifs is 1. The van der Waals surface area contributed by atoms with Crippen molar-refractivity contribution in [2.45, 2.75) is 31.3 Å². The van der Waals surface area contributed by atoms with Crippen LogP contribution in [0.3, 0.4) is 0 Å². The largest absolute Gasteiger partial charge is 0.489 e. The molecular formula is C30H28N2O. The normalized spacial score (nSPS) is 17.2. The van der Waals surface area contributed by atoms with Crippen LogP contribution in [-0.2, 0) is 13.0 Å². The Morgan fingerprint density at radius 2 is 1.52 bits per heavy atom. The molecule has 4 aromatic carbocycles. The summed E-state index contributed by atoms with van der Waals surface area (Å²) in [5.74, 6) is 1.67. The number of nitrogen functional groups attached to an aromatic ring is 1. The topological polar surface area (TPSA) is 59.1 Å². The molecule has 5 rings (SSSR count). The first-order chi connectivity index (χ1) is 16.2. The standard InChI is InChI=1S/C30H28N2O/c31-30(32)24-13-11-23(12-14-24)29-27(22-9-5-2-6-10-22)17-15-25-19-26(16-18-28(25)29)33-20-21-7-3-1-4-8-21/h1-14,16,18-19,27,29H,15,17,20H2,(H3,31,32)/t27-,29?/m1/s1. The molecule has 0 aromatic heterocycles. The van der Waals surface area contributed by atoms with Crippen molar-refractivity contribution in [3.05, 3.63) is 137 Å². The molecular weight excluding hydrogens is 404 g/mol. The Kier molecular flexibility index (Phi) is 5.95. The molecule has 0 amide bonds. The molecule has 0 spiro atoms. The van der Waals surface area contributed by atoms with Gasteiger partial charge in [-0.2, -0.15) is 0 Å². The molecule has 4 aromatic rings. The highest BCUT2D eigenvalue weighted by molar-refractivity contribution is 5.94. The fraction of sp³-hybridized carbons (Fsp3) is 0.167. The number of rotatable bonds is 6. The first-order valence-corrected chi connectivity index (χ1v) is 11.5. The van der Waals surface area contributed by atoms with E-state index in [0.717, 1.165) is 24.2 Å². The first kappa shape index (κ1) is 21.0. The van der Waals surface area contributed by atoms with E-state index in [2.05, 4.69) is 72.8 Å². The van der Waals surface area contributed by atoms with Gasteiger partial charge in [0.1, 0.15) is 18.2 Å². The van der Waals surface area contributed by atoms with E-state index < -0.39 is 0 Å². The average Bonchev–Trinajstić information content (AvgIpc) is 2.88. The van der Waals surface area contributed by atoms with Crippen molar-refractivity contribution >= 4 is 5.84 Å². The van der Waals surface area contributed by atoms with Crippen LogP contribution in [0.4, 0.5) is 0 Å². The van der Waals surface area contributed by atoms with Gasteiger partial charge in [0.2, 0.25) is 0 Å². The maximum atomic E-state index is 7.73. The minimum absolute atomic E-state index is 0.102. The lowest BCUT2D eigenvalue weighted by Gasteiger charge is -2.35. The Balaban J connectivity index is 1.48. The zero-order chi connectivity index (χ0) is 22.6. The summed E-state index contributed by atoms with van der Waals surface area (Å²) in [5, 5.41) is 7.73. The van der Waals surface area contributed by atoms with E-state index in [9.17, 15) is 0 Å². The Labute approximate surface area is 195 Å². The molecule has 0 bridgehead atoms. The molecule has 0 saturated carbocycles. The SMILES string of the molecule is N=C(N)c1ccc(C2c3ccc(OCc4ccccc4)cc3CC[C@@H]2c2ccccc2)cc1. The van der Waals surface area contributed by atoms with Crippen molar-refractivity contribution in [1.29, 1.82) is 5.41 Å². The zero-order valence-corrected chi connectivity index (χ0v) is 18.6. The third-order valence-electron chi connectivity index (χ3n) is 6.63. The van der Waals surface area contributed by atoms with E-state index in [0.29, 0.717) is 12.5 Å². The summed E-state index contributed by atoms with van der Waals surface area (Å²) in [6.45, 7) is 0.572. The molecule has 3 nitrogen and oxygen atoms in total. The third-order valence-corrected chi connectivity index (χ3v) is 6.63. The van der Waals surface area contributed by atoms with Crippen LogP contribution in [-0.4, -0.2) is 5.84 Å². The van der Waals surface area contributed by atoms with Gasteiger partial charge in [0, 0.05) is 11.5 Å². The lowest BCUT2D eigenvalue weighted by Crippen LogP contribution is -2.21. The van der Waals surface area contributed by atoms with Gasteiger partial charge in [0.25, 0.3) is 0 Å². The lowest BCUT2D eigenvalue weighted by molar-refractivity contribution is 0.305. The van der Waals surface area contributed by atoms with Gasteiger partial charge >= 0.3 is 0 Å². The molecule has 0 saturated heterocycles. The summed E-state index contributed by atoms with van der Waals surface area (Å²) >= 11 is 0. The Hall–Kier alpha value is -3.85. The minimum Gasteiger partial charge on any atom is -0.489 e. The Morgan fingerprint density at radius 1 is 0.818 bits per heavy atom. The zero-order valence-electron chi connectivity index (χ0n) is 18.6. The lowest BCUT2D eigenvalue weighted by atomic mass is 9.69. The highest BCUT2D eigenvalue weighted by Crippen LogP contribution is 2.47. The minimum atomic E-state index is 0.102. The van der Waals surface area contributed by atoms with E-state index >= 15 is 0 Å². The van der Waals surface area contributed by atoms with Crippen LogP contribution in [0.5, 0.6) is 5.75 Å². The van der Waals surface area contributed by atoms with Crippen LogP contribution in [0, 0.1) is 5.41 Å². The van der Waals surface area contributed by atoms with Gasteiger partial charge in [0.15, 0.2) is 0 Å². The number of hydrogen-bond acceptors (Lipinski definition) is 2. The molecule has 1 aliphatic rings. The Bertz CT molecular complexity index is 1230. The number of nitrogens with two attached hydrogens (primary N) is 1. The van der Waals surface area contributed by atoms with Gasteiger partial charge in [0.05, 0.1) is 0 Å². The number of aryl methyl sites for hydroxylation is 1. The van der Waals surface area contributed by atoms with Crippen molar-refractivity contribution in [2.75, 3.05) is 0 Å². The first-order valence-electron chi connectivity index (χ1n) is 11.5. The van der Waals surface area contributed by atoms with Crippen molar-refractivity contribution in [3.8, 4) is 5.75 Å². The number of hydrogen-bond donors (Lipinski definition) is 2. The molecule has 0 aliphatic heterocycles. The van der Waals surface area contributed by atoms with Crippen LogP contribution in [0.2, 0.25) is 0 Å². The number of benzene rings is 4. The van der Waals surface area contributed by atoms with Crippen LogP contribution < -0.4 is 10.5 Å². The second-order valence-electron chi connectivity index (χ2n) is 8.70. The predicted molar refractivity (Wildman–Crippen MR) is 134 cm³/mol. The van der Waals surface area contributed by atoms with E-state index in [-0.39, 0.29) is 11.8 Å². The molecule has 164 valence electrons. The van der Waals surface area contributed by atoms with E-state index in [1.807, 2.05) is 30.3 Å². The van der Waals surface area contributed by atoms with E-state index in [1.165, 1.54) is 27.8 Å². The summed E-state index contributed by atoms with van der Waals surface area (Å²) < 4.78 is 6.12. The fourth-order valence-corrected chi connectivity index (χ4v) is 4.97. The van der Waals surface area contributed by atoms with Gasteiger partial charge in [-0.3, -0.25) is 5.41 Å². The fourth-order valence-electron chi connectivity index (χ4n) is 4.97. The molecule has 3 heteroatoms. The van der Waals surface area contributed by atoms with Crippen LogP contribution in [0.15, 0.2) is 103 Å². The summed E-state index contributed by atoms with van der Waals surface area (Å²) in [5.41, 5.74) is 13.0. The number of nitrogens with one attached hydrogen (secondary N) is 1. The highest BCUT2D eigenvalue weighted by atomic mass is 16.5. The van der Waals surface area contributed by atoms with Crippen LogP contribution >= 0.6 is 0 Å². The highest BCUT2D eigenvalue weighted by Gasteiger charge is 2.32. The smallest absolute Gasteiger partial charge is 0.122 e. The quantitative estimate of drug-likeness (QED) is 0.273. The maximum absolute atomic E-state index is 7.73. The van der Waals surface area contributed by atoms with Crippen LogP contribution in [0.1, 0.15) is 51.6 Å². The van der Waals surface area contributed by atoms with Crippen LogP contribution in [0.25, 0.3) is 0 Å². The van der Waals surface area contributed by atoms with Gasteiger partial charge in [-0.1, -0.05) is 91.0 Å².